The first kappa shape index (κ1) is 23.2. The smallest absolute Gasteiger partial charge is 0.303 e. The van der Waals surface area contributed by atoms with Crippen LogP contribution in [0.3, 0.4) is 0 Å². The van der Waals surface area contributed by atoms with E-state index in [1.807, 2.05) is 30.5 Å². The van der Waals surface area contributed by atoms with E-state index < -0.39 is 5.97 Å². The number of fused-ring (bicyclic) bond motifs is 2. The number of aromatic nitrogens is 1. The van der Waals surface area contributed by atoms with E-state index in [0.717, 1.165) is 48.7 Å². The average molecular weight is 463 g/mol. The largest absolute Gasteiger partial charge is 0.494 e. The lowest BCUT2D eigenvalue weighted by Crippen LogP contribution is -2.10. The van der Waals surface area contributed by atoms with Gasteiger partial charge in [0.1, 0.15) is 11.6 Å². The van der Waals surface area contributed by atoms with E-state index in [-0.39, 0.29) is 12.3 Å². The number of nitrogens with one attached hydrogen (secondary N) is 1. The summed E-state index contributed by atoms with van der Waals surface area (Å²) >= 11 is 1.81. The van der Waals surface area contributed by atoms with Crippen LogP contribution in [0.1, 0.15) is 47.9 Å². The van der Waals surface area contributed by atoms with Crippen LogP contribution in [0, 0.1) is 0 Å². The second-order valence-electron chi connectivity index (χ2n) is 8.24. The summed E-state index contributed by atoms with van der Waals surface area (Å²) in [5, 5.41) is 12.8. The highest BCUT2D eigenvalue weighted by Crippen LogP contribution is 2.35. The van der Waals surface area contributed by atoms with Gasteiger partial charge in [0.25, 0.3) is 0 Å². The van der Waals surface area contributed by atoms with Crippen LogP contribution in [-0.4, -0.2) is 35.0 Å². The summed E-state index contributed by atoms with van der Waals surface area (Å²) in [5.74, 6) is 2.00. The summed E-state index contributed by atoms with van der Waals surface area (Å²) in [6, 6.07) is 18.6. The lowest BCUT2D eigenvalue weighted by Gasteiger charge is -2.16. The Bertz CT molecular complexity index is 1100. The van der Waals surface area contributed by atoms with Crippen molar-refractivity contribution in [3.63, 3.8) is 0 Å². The maximum Gasteiger partial charge on any atom is 0.303 e. The number of carbonyl (C=O) groups is 1. The maximum absolute atomic E-state index is 11.5. The van der Waals surface area contributed by atoms with E-state index in [1.165, 1.54) is 21.6 Å². The molecule has 4 rings (SSSR count). The Kier molecular flexibility index (Phi) is 7.89. The van der Waals surface area contributed by atoms with Gasteiger partial charge in [-0.05, 0) is 77.5 Å². The molecule has 0 radical (unpaired) electrons. The van der Waals surface area contributed by atoms with Crippen LogP contribution in [0.15, 0.2) is 65.7 Å². The Morgan fingerprint density at radius 1 is 1.15 bits per heavy atom. The van der Waals surface area contributed by atoms with Crippen LogP contribution in [0.5, 0.6) is 5.75 Å². The first-order valence-corrected chi connectivity index (χ1v) is 12.5. The first-order valence-electron chi connectivity index (χ1n) is 11.5. The number of aliphatic carboxylic acids is 1. The zero-order chi connectivity index (χ0) is 23.0. The van der Waals surface area contributed by atoms with Crippen LogP contribution in [0.2, 0.25) is 0 Å². The fraction of sp³-hybridized carbons (Fsp3) is 0.333. The van der Waals surface area contributed by atoms with E-state index in [9.17, 15) is 9.90 Å². The highest BCUT2D eigenvalue weighted by molar-refractivity contribution is 7.99. The summed E-state index contributed by atoms with van der Waals surface area (Å²) in [7, 11) is 0. The topological polar surface area (TPSA) is 71.5 Å². The predicted octanol–water partition coefficient (Wildman–Crippen LogP) is 5.78. The number of hydrogen-bond acceptors (Lipinski definition) is 5. The third kappa shape index (κ3) is 6.29. The number of pyridine rings is 1. The van der Waals surface area contributed by atoms with Gasteiger partial charge in [0.2, 0.25) is 0 Å². The van der Waals surface area contributed by atoms with Gasteiger partial charge in [-0.15, -0.1) is 11.8 Å². The molecule has 1 aliphatic rings. The van der Waals surface area contributed by atoms with Crippen molar-refractivity contribution in [3.05, 3.63) is 83.0 Å². The molecule has 0 amide bonds. The highest BCUT2D eigenvalue weighted by atomic mass is 32.2. The molecule has 1 aliphatic carbocycles. The van der Waals surface area contributed by atoms with Gasteiger partial charge in [-0.3, -0.25) is 4.79 Å². The second kappa shape index (κ2) is 11.2. The minimum absolute atomic E-state index is 0.0199. The fourth-order valence-corrected chi connectivity index (χ4v) is 5.05. The molecule has 0 saturated carbocycles. The summed E-state index contributed by atoms with van der Waals surface area (Å²) in [6.45, 7) is 3.53. The lowest BCUT2D eigenvalue weighted by molar-refractivity contribution is -0.137. The fourth-order valence-electron chi connectivity index (χ4n) is 4.36. The first-order chi connectivity index (χ1) is 16.1. The van der Waals surface area contributed by atoms with Crippen LogP contribution in [0.25, 0.3) is 0 Å². The quantitative estimate of drug-likeness (QED) is 0.294. The summed E-state index contributed by atoms with van der Waals surface area (Å²) in [6.07, 6.45) is 4.38. The number of benzene rings is 2. The van der Waals surface area contributed by atoms with Crippen molar-refractivity contribution < 1.29 is 14.6 Å². The molecule has 2 N–H and O–H groups in total. The molecule has 3 aromatic rings. The van der Waals surface area contributed by atoms with Gasteiger partial charge in [-0.2, -0.15) is 0 Å². The third-order valence-corrected chi connectivity index (χ3v) is 6.76. The zero-order valence-corrected chi connectivity index (χ0v) is 19.7. The van der Waals surface area contributed by atoms with Gasteiger partial charge in [-0.25, -0.2) is 4.98 Å². The molecule has 1 aromatic heterocycles. The summed E-state index contributed by atoms with van der Waals surface area (Å²) in [5.41, 5.74) is 4.81. The normalized spacial score (nSPS) is 14.6. The number of nitrogens with zero attached hydrogens (tertiary/aromatic N) is 1. The van der Waals surface area contributed by atoms with E-state index in [0.29, 0.717) is 6.61 Å². The number of ether oxygens (including phenoxy) is 1. The number of thioether (sulfide) groups is 1. The summed E-state index contributed by atoms with van der Waals surface area (Å²) in [4.78, 5) is 17.1. The average Bonchev–Trinajstić information content (AvgIpc) is 2.95. The molecular formula is C27H30N2O3S. The molecule has 33 heavy (non-hydrogen) atoms. The molecule has 0 spiro atoms. The SMILES string of the molecule is CCSc1ccnc(NCCCOc2ccc3c(c2)CC(CC(=O)O)c2ccccc2C3)c1. The van der Waals surface area contributed by atoms with E-state index in [2.05, 4.69) is 47.6 Å². The predicted molar refractivity (Wildman–Crippen MR) is 134 cm³/mol. The minimum atomic E-state index is -0.758. The molecule has 6 heteroatoms. The van der Waals surface area contributed by atoms with Crippen molar-refractivity contribution in [2.75, 3.05) is 24.2 Å². The Morgan fingerprint density at radius 3 is 2.88 bits per heavy atom. The van der Waals surface area contributed by atoms with Crippen LogP contribution >= 0.6 is 11.8 Å². The Hall–Kier alpha value is -2.99. The van der Waals surface area contributed by atoms with Gasteiger partial charge < -0.3 is 15.2 Å². The molecule has 0 bridgehead atoms. The second-order valence-corrected chi connectivity index (χ2v) is 9.58. The molecule has 1 unspecified atom stereocenters. The molecule has 0 saturated heterocycles. The number of carboxylic acids is 1. The number of anilines is 1. The van der Waals surface area contributed by atoms with Crippen LogP contribution in [0.4, 0.5) is 5.82 Å². The number of carboxylic acid groups (broad SMARTS) is 1. The molecular weight excluding hydrogens is 432 g/mol. The highest BCUT2D eigenvalue weighted by Gasteiger charge is 2.24. The Morgan fingerprint density at radius 2 is 2.03 bits per heavy atom. The molecule has 5 nitrogen and oxygen atoms in total. The van der Waals surface area contributed by atoms with Crippen molar-refractivity contribution in [1.29, 1.82) is 0 Å². The van der Waals surface area contributed by atoms with Crippen molar-refractivity contribution >= 4 is 23.5 Å². The molecule has 1 heterocycles. The van der Waals surface area contributed by atoms with E-state index >= 15 is 0 Å². The Labute approximate surface area is 199 Å². The number of hydrogen-bond donors (Lipinski definition) is 2. The van der Waals surface area contributed by atoms with Gasteiger partial charge in [0, 0.05) is 17.6 Å². The van der Waals surface area contributed by atoms with Crippen molar-refractivity contribution in [1.82, 2.24) is 4.98 Å². The van der Waals surface area contributed by atoms with Crippen molar-refractivity contribution in [3.8, 4) is 5.75 Å². The van der Waals surface area contributed by atoms with E-state index in [4.69, 9.17) is 4.74 Å². The van der Waals surface area contributed by atoms with Gasteiger partial charge in [0.15, 0.2) is 0 Å². The molecule has 0 aliphatic heterocycles. The van der Waals surface area contributed by atoms with E-state index in [1.54, 1.807) is 11.8 Å². The molecule has 0 fully saturated rings. The van der Waals surface area contributed by atoms with Gasteiger partial charge >= 0.3 is 5.97 Å². The van der Waals surface area contributed by atoms with Gasteiger partial charge in [0.05, 0.1) is 13.0 Å². The standard InChI is InChI=1S/C27H30N2O3S/c1-2-33-24-10-12-29-26(18-24)28-11-5-13-32-23-9-8-19-14-20-6-3-4-7-25(20)22(17-27(30)31)15-21(19)16-23/h3-4,6-10,12,16,18,22H,2,5,11,13-15,17H2,1H3,(H,28,29)(H,30,31). The van der Waals surface area contributed by atoms with Crippen molar-refractivity contribution in [2.45, 2.75) is 43.4 Å². The minimum Gasteiger partial charge on any atom is -0.494 e. The zero-order valence-electron chi connectivity index (χ0n) is 18.9. The molecule has 172 valence electrons. The summed E-state index contributed by atoms with van der Waals surface area (Å²) < 4.78 is 6.03. The maximum atomic E-state index is 11.5. The lowest BCUT2D eigenvalue weighted by atomic mass is 9.89. The van der Waals surface area contributed by atoms with Gasteiger partial charge in [-0.1, -0.05) is 37.3 Å². The molecule has 2 aromatic carbocycles. The Balaban J connectivity index is 1.35. The monoisotopic (exact) mass is 462 g/mol. The van der Waals surface area contributed by atoms with Crippen LogP contribution < -0.4 is 10.1 Å². The third-order valence-electron chi connectivity index (χ3n) is 5.88. The van der Waals surface area contributed by atoms with Crippen molar-refractivity contribution in [2.24, 2.45) is 0 Å². The molecule has 1 atom stereocenters. The number of rotatable bonds is 10. The van der Waals surface area contributed by atoms with Crippen LogP contribution in [-0.2, 0) is 17.6 Å².